The molecule has 144 valence electrons. The Morgan fingerprint density at radius 1 is 1.19 bits per heavy atom. The fraction of sp³-hybridized carbons (Fsp3) is 0.652. The van der Waals surface area contributed by atoms with Gasteiger partial charge in [-0.2, -0.15) is 5.26 Å². The van der Waals surface area contributed by atoms with Crippen LogP contribution < -0.4 is 5.32 Å². The second-order valence-electron chi connectivity index (χ2n) is 8.96. The third kappa shape index (κ3) is 3.62. The van der Waals surface area contributed by atoms with Gasteiger partial charge in [-0.3, -0.25) is 4.79 Å². The molecular weight excluding hydrogens is 334 g/mol. The summed E-state index contributed by atoms with van der Waals surface area (Å²) in [6.45, 7) is 6.63. The molecule has 1 aromatic rings. The van der Waals surface area contributed by atoms with Crippen molar-refractivity contribution < 1.29 is 4.79 Å². The van der Waals surface area contributed by atoms with Crippen LogP contribution in [0.5, 0.6) is 0 Å². The Morgan fingerprint density at radius 3 is 2.48 bits per heavy atom. The van der Waals surface area contributed by atoms with Gasteiger partial charge in [0.15, 0.2) is 0 Å². The highest BCUT2D eigenvalue weighted by molar-refractivity contribution is 5.79. The van der Waals surface area contributed by atoms with Gasteiger partial charge in [0.05, 0.1) is 12.6 Å². The van der Waals surface area contributed by atoms with Crippen LogP contribution in [0.25, 0.3) is 0 Å². The second kappa shape index (κ2) is 7.64. The molecule has 0 aromatic heterocycles. The highest BCUT2D eigenvalue weighted by atomic mass is 16.2. The first-order valence-corrected chi connectivity index (χ1v) is 10.6. The Labute approximate surface area is 162 Å². The Kier molecular flexibility index (Phi) is 5.23. The molecule has 1 aliphatic heterocycles. The van der Waals surface area contributed by atoms with Gasteiger partial charge in [0, 0.05) is 6.54 Å². The molecule has 1 saturated heterocycles. The zero-order chi connectivity index (χ0) is 19.0. The van der Waals surface area contributed by atoms with Gasteiger partial charge in [-0.05, 0) is 91.1 Å². The van der Waals surface area contributed by atoms with Crippen LogP contribution in [-0.4, -0.2) is 36.5 Å². The van der Waals surface area contributed by atoms with Crippen molar-refractivity contribution in [1.82, 2.24) is 10.2 Å². The lowest BCUT2D eigenvalue weighted by Crippen LogP contribution is -2.41. The molecule has 0 saturated carbocycles. The standard InChI is InChI=1S/C23H31N3O/c1-15-8-17-12-18-9-16(2)11-22(18)20(21(17)10-15)5-6-25-14-23(27)26-7-3-4-19(26)13-24/h12,15-16,19,25H,3-11,14H2,1-2H3. The van der Waals surface area contributed by atoms with E-state index >= 15 is 0 Å². The lowest BCUT2D eigenvalue weighted by atomic mass is 9.92. The van der Waals surface area contributed by atoms with Crippen molar-refractivity contribution in [2.75, 3.05) is 19.6 Å². The molecule has 3 unspecified atom stereocenters. The maximum Gasteiger partial charge on any atom is 0.237 e. The van der Waals surface area contributed by atoms with E-state index in [0.717, 1.165) is 44.2 Å². The first-order valence-electron chi connectivity index (χ1n) is 10.6. The molecule has 4 rings (SSSR count). The monoisotopic (exact) mass is 365 g/mol. The molecule has 27 heavy (non-hydrogen) atoms. The second-order valence-corrected chi connectivity index (χ2v) is 8.96. The zero-order valence-electron chi connectivity index (χ0n) is 16.7. The van der Waals surface area contributed by atoms with Gasteiger partial charge in [0.25, 0.3) is 0 Å². The highest BCUT2D eigenvalue weighted by Gasteiger charge is 2.29. The van der Waals surface area contributed by atoms with Crippen LogP contribution in [0.2, 0.25) is 0 Å². The van der Waals surface area contributed by atoms with Crippen molar-refractivity contribution in [3.8, 4) is 6.07 Å². The van der Waals surface area contributed by atoms with Crippen molar-refractivity contribution >= 4 is 5.91 Å². The van der Waals surface area contributed by atoms with Gasteiger partial charge in [0.2, 0.25) is 5.91 Å². The number of benzene rings is 1. The third-order valence-corrected chi connectivity index (χ3v) is 6.64. The quantitative estimate of drug-likeness (QED) is 0.817. The van der Waals surface area contributed by atoms with Gasteiger partial charge < -0.3 is 10.2 Å². The molecule has 1 amide bonds. The van der Waals surface area contributed by atoms with Crippen LogP contribution in [0.4, 0.5) is 0 Å². The summed E-state index contributed by atoms with van der Waals surface area (Å²) in [7, 11) is 0. The molecule has 2 aliphatic carbocycles. The first-order chi connectivity index (χ1) is 13.1. The molecule has 4 heteroatoms. The zero-order valence-corrected chi connectivity index (χ0v) is 16.7. The number of likely N-dealkylation sites (tertiary alicyclic amines) is 1. The summed E-state index contributed by atoms with van der Waals surface area (Å²) in [5.41, 5.74) is 7.94. The summed E-state index contributed by atoms with van der Waals surface area (Å²) in [6.07, 6.45) is 7.65. The fourth-order valence-corrected chi connectivity index (χ4v) is 5.43. The van der Waals surface area contributed by atoms with Crippen molar-refractivity contribution in [1.29, 1.82) is 5.26 Å². The van der Waals surface area contributed by atoms with E-state index in [-0.39, 0.29) is 11.9 Å². The number of carbonyl (C=O) groups excluding carboxylic acids is 1. The van der Waals surface area contributed by atoms with Gasteiger partial charge in [-0.15, -0.1) is 0 Å². The van der Waals surface area contributed by atoms with Crippen molar-refractivity contribution in [3.05, 3.63) is 33.9 Å². The Bertz CT molecular complexity index is 743. The van der Waals surface area contributed by atoms with E-state index in [1.54, 1.807) is 32.7 Å². The molecule has 3 atom stereocenters. The van der Waals surface area contributed by atoms with E-state index < -0.39 is 0 Å². The summed E-state index contributed by atoms with van der Waals surface area (Å²) >= 11 is 0. The number of nitrogens with one attached hydrogen (secondary N) is 1. The van der Waals surface area contributed by atoms with Crippen molar-refractivity contribution in [3.63, 3.8) is 0 Å². The Morgan fingerprint density at radius 2 is 1.85 bits per heavy atom. The first kappa shape index (κ1) is 18.5. The van der Waals surface area contributed by atoms with E-state index in [1.807, 2.05) is 0 Å². The average molecular weight is 366 g/mol. The largest absolute Gasteiger partial charge is 0.326 e. The molecule has 4 nitrogen and oxygen atoms in total. The number of rotatable bonds is 5. The van der Waals surface area contributed by atoms with Crippen LogP contribution in [0, 0.1) is 23.2 Å². The van der Waals surface area contributed by atoms with E-state index in [0.29, 0.717) is 6.54 Å². The van der Waals surface area contributed by atoms with E-state index in [1.165, 1.54) is 25.7 Å². The summed E-state index contributed by atoms with van der Waals surface area (Å²) in [6, 6.07) is 4.53. The number of hydrogen-bond acceptors (Lipinski definition) is 3. The van der Waals surface area contributed by atoms with Crippen LogP contribution >= 0.6 is 0 Å². The molecule has 1 N–H and O–H groups in total. The van der Waals surface area contributed by atoms with Crippen LogP contribution in [0.3, 0.4) is 0 Å². The molecule has 0 radical (unpaired) electrons. The predicted molar refractivity (Wildman–Crippen MR) is 107 cm³/mol. The molecule has 3 aliphatic rings. The predicted octanol–water partition coefficient (Wildman–Crippen LogP) is 2.80. The number of nitriles is 1. The smallest absolute Gasteiger partial charge is 0.237 e. The topological polar surface area (TPSA) is 56.1 Å². The summed E-state index contributed by atoms with van der Waals surface area (Å²) in [4.78, 5) is 14.1. The van der Waals surface area contributed by atoms with Crippen LogP contribution in [0.1, 0.15) is 54.5 Å². The third-order valence-electron chi connectivity index (χ3n) is 6.64. The maximum absolute atomic E-state index is 12.4. The minimum absolute atomic E-state index is 0.0739. The summed E-state index contributed by atoms with van der Waals surface area (Å²) in [5.74, 6) is 1.59. The fourth-order valence-electron chi connectivity index (χ4n) is 5.43. The molecule has 1 fully saturated rings. The SMILES string of the molecule is CC1Cc2cc3c(c(CCNCC(=O)N4CCCC4C#N)c2C1)CC(C)C3. The number of amides is 1. The summed E-state index contributed by atoms with van der Waals surface area (Å²) in [5, 5.41) is 12.5. The lowest BCUT2D eigenvalue weighted by Gasteiger charge is -2.20. The van der Waals surface area contributed by atoms with Gasteiger partial charge >= 0.3 is 0 Å². The molecule has 0 bridgehead atoms. The van der Waals surface area contributed by atoms with Crippen molar-refractivity contribution in [2.45, 2.75) is 64.8 Å². The van der Waals surface area contributed by atoms with E-state index in [2.05, 4.69) is 31.3 Å². The molecular formula is C23H31N3O. The number of fused-ring (bicyclic) bond motifs is 2. The van der Waals surface area contributed by atoms with Gasteiger partial charge in [-0.1, -0.05) is 19.9 Å². The summed E-state index contributed by atoms with van der Waals surface area (Å²) < 4.78 is 0. The number of hydrogen-bond donors (Lipinski definition) is 1. The van der Waals surface area contributed by atoms with Crippen LogP contribution in [-0.2, 0) is 36.9 Å². The Balaban J connectivity index is 1.39. The Hall–Kier alpha value is -1.86. The average Bonchev–Trinajstić information content (AvgIpc) is 3.33. The van der Waals surface area contributed by atoms with Crippen LogP contribution in [0.15, 0.2) is 6.07 Å². The molecule has 1 aromatic carbocycles. The van der Waals surface area contributed by atoms with Crippen molar-refractivity contribution in [2.24, 2.45) is 11.8 Å². The van der Waals surface area contributed by atoms with E-state index in [9.17, 15) is 4.79 Å². The molecule has 0 spiro atoms. The minimum Gasteiger partial charge on any atom is -0.326 e. The highest BCUT2D eigenvalue weighted by Crippen LogP contribution is 2.38. The number of carbonyl (C=O) groups is 1. The lowest BCUT2D eigenvalue weighted by molar-refractivity contribution is -0.130. The van der Waals surface area contributed by atoms with Gasteiger partial charge in [-0.25, -0.2) is 0 Å². The van der Waals surface area contributed by atoms with E-state index in [4.69, 9.17) is 5.26 Å². The molecule has 1 heterocycles. The van der Waals surface area contributed by atoms with Gasteiger partial charge in [0.1, 0.15) is 6.04 Å². The number of nitrogens with zero attached hydrogens (tertiary/aromatic N) is 2. The minimum atomic E-state index is -0.220. The maximum atomic E-state index is 12.4. The normalized spacial score (nSPS) is 26.1.